The number of benzene rings is 2. The number of ether oxygens (including phenoxy) is 2. The quantitative estimate of drug-likeness (QED) is 0.362. The fraction of sp³-hybridized carbons (Fsp3) is 0.318. The molecule has 2 N–H and O–H groups in total. The first-order valence-electron chi connectivity index (χ1n) is 9.64. The maximum Gasteiger partial charge on any atom is 0.338 e. The second-order valence-electron chi connectivity index (χ2n) is 6.34. The number of hydrogen-bond donors (Lipinski definition) is 2. The Hall–Kier alpha value is -2.93. The van der Waals surface area contributed by atoms with Gasteiger partial charge in [-0.1, -0.05) is 38.5 Å². The highest BCUT2D eigenvalue weighted by Gasteiger charge is 2.19. The van der Waals surface area contributed by atoms with Crippen molar-refractivity contribution in [3.8, 4) is 5.75 Å². The average molecular weight is 415 g/mol. The van der Waals surface area contributed by atoms with Crippen LogP contribution in [0, 0.1) is 0 Å². The van der Waals surface area contributed by atoms with Gasteiger partial charge in [0.1, 0.15) is 5.75 Å². The first kappa shape index (κ1) is 22.4. The number of para-hydroxylation sites is 1. The summed E-state index contributed by atoms with van der Waals surface area (Å²) >= 11 is 5.21. The van der Waals surface area contributed by atoms with Crippen LogP contribution in [0.2, 0.25) is 0 Å². The first-order valence-corrected chi connectivity index (χ1v) is 10.0. The minimum absolute atomic E-state index is 0.156. The third kappa shape index (κ3) is 7.54. The smallest absolute Gasteiger partial charge is 0.338 e. The lowest BCUT2D eigenvalue weighted by molar-refractivity contribution is -0.126. The summed E-state index contributed by atoms with van der Waals surface area (Å²) in [6.07, 6.45) is 1.65. The molecule has 0 heterocycles. The van der Waals surface area contributed by atoms with Crippen LogP contribution in [0.5, 0.6) is 5.75 Å². The van der Waals surface area contributed by atoms with Crippen molar-refractivity contribution in [1.82, 2.24) is 5.32 Å². The van der Waals surface area contributed by atoms with E-state index in [-0.39, 0.29) is 17.0 Å². The fourth-order valence-corrected chi connectivity index (χ4v) is 2.64. The van der Waals surface area contributed by atoms with E-state index in [1.807, 2.05) is 32.0 Å². The number of carbonyl (C=O) groups excluding carboxylic acids is 2. The molecule has 29 heavy (non-hydrogen) atoms. The number of anilines is 1. The van der Waals surface area contributed by atoms with Crippen molar-refractivity contribution in [2.75, 3.05) is 11.9 Å². The van der Waals surface area contributed by atoms with E-state index < -0.39 is 6.10 Å². The van der Waals surface area contributed by atoms with Crippen LogP contribution in [0.4, 0.5) is 5.69 Å². The van der Waals surface area contributed by atoms with E-state index >= 15 is 0 Å². The molecule has 2 rings (SSSR count). The van der Waals surface area contributed by atoms with Crippen LogP contribution in [0.3, 0.4) is 0 Å². The molecule has 0 aliphatic carbocycles. The highest BCUT2D eigenvalue weighted by Crippen LogP contribution is 2.13. The Kier molecular flexibility index (Phi) is 9.11. The lowest BCUT2D eigenvalue weighted by Crippen LogP contribution is -2.43. The average Bonchev–Trinajstić information content (AvgIpc) is 2.73. The van der Waals surface area contributed by atoms with Crippen molar-refractivity contribution in [1.29, 1.82) is 0 Å². The van der Waals surface area contributed by atoms with Crippen molar-refractivity contribution in [2.45, 2.75) is 39.2 Å². The highest BCUT2D eigenvalue weighted by molar-refractivity contribution is 7.80. The van der Waals surface area contributed by atoms with E-state index in [4.69, 9.17) is 21.7 Å². The van der Waals surface area contributed by atoms with Gasteiger partial charge in [-0.15, -0.1) is 0 Å². The molecule has 0 saturated heterocycles. The molecule has 1 unspecified atom stereocenters. The van der Waals surface area contributed by atoms with E-state index in [1.165, 1.54) is 0 Å². The van der Waals surface area contributed by atoms with E-state index in [2.05, 4.69) is 10.6 Å². The Balaban J connectivity index is 1.86. The molecule has 0 spiro atoms. The Bertz CT molecular complexity index is 809. The minimum atomic E-state index is -0.655. The molecule has 7 heteroatoms. The third-order valence-electron chi connectivity index (χ3n) is 4.03. The monoisotopic (exact) mass is 414 g/mol. The number of esters is 1. The van der Waals surface area contributed by atoms with Gasteiger partial charge in [0, 0.05) is 5.69 Å². The number of unbranched alkanes of at least 4 members (excludes halogenated alkanes) is 1. The Morgan fingerprint density at radius 3 is 2.34 bits per heavy atom. The van der Waals surface area contributed by atoms with Gasteiger partial charge in [0.25, 0.3) is 5.91 Å². The summed E-state index contributed by atoms with van der Waals surface area (Å²) in [6, 6.07) is 15.8. The molecule has 0 radical (unpaired) electrons. The van der Waals surface area contributed by atoms with E-state index in [0.29, 0.717) is 30.0 Å². The summed E-state index contributed by atoms with van der Waals surface area (Å²) in [5, 5.41) is 5.72. The summed E-state index contributed by atoms with van der Waals surface area (Å²) < 4.78 is 10.9. The van der Waals surface area contributed by atoms with E-state index in [9.17, 15) is 9.59 Å². The second-order valence-corrected chi connectivity index (χ2v) is 6.75. The van der Waals surface area contributed by atoms with Gasteiger partial charge in [-0.2, -0.15) is 0 Å². The molecule has 2 aromatic rings. The normalized spacial score (nSPS) is 11.2. The van der Waals surface area contributed by atoms with Crippen LogP contribution in [0.15, 0.2) is 54.6 Å². The van der Waals surface area contributed by atoms with Gasteiger partial charge in [0.15, 0.2) is 11.2 Å². The van der Waals surface area contributed by atoms with Crippen LogP contribution in [0.1, 0.15) is 43.5 Å². The highest BCUT2D eigenvalue weighted by atomic mass is 32.1. The van der Waals surface area contributed by atoms with Gasteiger partial charge in [-0.05, 0) is 61.5 Å². The van der Waals surface area contributed by atoms with Gasteiger partial charge >= 0.3 is 5.97 Å². The summed E-state index contributed by atoms with van der Waals surface area (Å²) in [5.74, 6) is -0.0653. The van der Waals surface area contributed by atoms with Crippen LogP contribution in [-0.2, 0) is 9.53 Å². The van der Waals surface area contributed by atoms with Crippen molar-refractivity contribution < 1.29 is 19.1 Å². The lowest BCUT2D eigenvalue weighted by Gasteiger charge is -2.18. The zero-order chi connectivity index (χ0) is 21.1. The molecule has 0 aromatic heterocycles. The fourth-order valence-electron chi connectivity index (χ4n) is 2.42. The molecule has 1 amide bonds. The molecule has 0 saturated carbocycles. The maximum absolute atomic E-state index is 12.4. The van der Waals surface area contributed by atoms with Gasteiger partial charge in [-0.25, -0.2) is 4.79 Å². The van der Waals surface area contributed by atoms with Crippen LogP contribution in [0.25, 0.3) is 0 Å². The molecule has 0 bridgehead atoms. The molecular formula is C22H26N2O4S. The standard InChI is InChI=1S/C22H26N2O4S/c1-3-5-15-27-21(26)16-11-13-17(14-12-16)23-22(29)24-20(25)19(4-2)28-18-9-7-6-8-10-18/h6-14,19H,3-5,15H2,1-2H3,(H2,23,24,25,29). The number of amides is 1. The van der Waals surface area contributed by atoms with Crippen molar-refractivity contribution >= 4 is 34.9 Å². The molecule has 6 nitrogen and oxygen atoms in total. The van der Waals surface area contributed by atoms with Gasteiger partial charge in [0.05, 0.1) is 12.2 Å². The number of nitrogens with one attached hydrogen (secondary N) is 2. The second kappa shape index (κ2) is 11.8. The molecule has 1 atom stereocenters. The zero-order valence-electron chi connectivity index (χ0n) is 16.6. The number of carbonyl (C=O) groups is 2. The predicted octanol–water partition coefficient (Wildman–Crippen LogP) is 4.31. The number of hydrogen-bond acceptors (Lipinski definition) is 5. The molecular weight excluding hydrogens is 388 g/mol. The van der Waals surface area contributed by atoms with Gasteiger partial charge < -0.3 is 14.8 Å². The summed E-state index contributed by atoms with van der Waals surface area (Å²) in [6.45, 7) is 4.31. The maximum atomic E-state index is 12.4. The summed E-state index contributed by atoms with van der Waals surface area (Å²) in [7, 11) is 0. The van der Waals surface area contributed by atoms with E-state index in [0.717, 1.165) is 12.8 Å². The van der Waals surface area contributed by atoms with E-state index in [1.54, 1.807) is 36.4 Å². The van der Waals surface area contributed by atoms with Crippen LogP contribution in [-0.4, -0.2) is 29.7 Å². The van der Waals surface area contributed by atoms with Gasteiger partial charge in [-0.3, -0.25) is 10.1 Å². The Morgan fingerprint density at radius 2 is 1.72 bits per heavy atom. The number of thiocarbonyl (C=S) groups is 1. The van der Waals surface area contributed by atoms with Crippen molar-refractivity contribution in [3.63, 3.8) is 0 Å². The molecule has 0 aliphatic rings. The van der Waals surface area contributed by atoms with Crippen LogP contribution >= 0.6 is 12.2 Å². The molecule has 0 aliphatic heterocycles. The molecule has 0 fully saturated rings. The zero-order valence-corrected chi connectivity index (χ0v) is 17.5. The lowest BCUT2D eigenvalue weighted by atomic mass is 10.2. The Labute approximate surface area is 176 Å². The molecule has 2 aromatic carbocycles. The summed E-state index contributed by atoms with van der Waals surface area (Å²) in [5.41, 5.74) is 1.11. The number of rotatable bonds is 9. The largest absolute Gasteiger partial charge is 0.481 e. The van der Waals surface area contributed by atoms with Crippen molar-refractivity contribution in [2.24, 2.45) is 0 Å². The minimum Gasteiger partial charge on any atom is -0.481 e. The SMILES string of the molecule is CCCCOC(=O)c1ccc(NC(=S)NC(=O)C(CC)Oc2ccccc2)cc1. The Morgan fingerprint density at radius 1 is 1.03 bits per heavy atom. The van der Waals surface area contributed by atoms with Crippen LogP contribution < -0.4 is 15.4 Å². The topological polar surface area (TPSA) is 76.7 Å². The van der Waals surface area contributed by atoms with Crippen molar-refractivity contribution in [3.05, 3.63) is 60.2 Å². The molecule has 154 valence electrons. The summed E-state index contributed by atoms with van der Waals surface area (Å²) in [4.78, 5) is 24.3. The third-order valence-corrected chi connectivity index (χ3v) is 4.24. The van der Waals surface area contributed by atoms with Gasteiger partial charge in [0.2, 0.25) is 0 Å². The predicted molar refractivity (Wildman–Crippen MR) is 117 cm³/mol. The first-order chi connectivity index (χ1) is 14.0.